The smallest absolute Gasteiger partial charge is 0.222 e. The number of hydrogen-bond donors (Lipinski definition) is 0. The molecule has 0 unspecified atom stereocenters. The van der Waals surface area contributed by atoms with Gasteiger partial charge in [-0.15, -0.1) is 6.58 Å². The highest BCUT2D eigenvalue weighted by molar-refractivity contribution is 6.30. The second-order valence-corrected chi connectivity index (χ2v) is 6.61. The van der Waals surface area contributed by atoms with Crippen LogP contribution in [0.2, 0.25) is 5.02 Å². The van der Waals surface area contributed by atoms with Crippen molar-refractivity contribution < 1.29 is 13.9 Å². The van der Waals surface area contributed by atoms with Gasteiger partial charge in [0.1, 0.15) is 5.82 Å². The molecule has 2 aromatic carbocycles. The first kappa shape index (κ1) is 18.7. The van der Waals surface area contributed by atoms with Gasteiger partial charge in [-0.3, -0.25) is 0 Å². The Morgan fingerprint density at radius 1 is 1.12 bits per heavy atom. The van der Waals surface area contributed by atoms with Crippen molar-refractivity contribution in [2.45, 2.75) is 19.1 Å². The van der Waals surface area contributed by atoms with Crippen LogP contribution < -0.4 is 0 Å². The van der Waals surface area contributed by atoms with Crippen LogP contribution in [0.15, 0.2) is 55.1 Å². The lowest BCUT2D eigenvalue weighted by atomic mass is 10.0. The van der Waals surface area contributed by atoms with E-state index < -0.39 is 12.1 Å². The van der Waals surface area contributed by atoms with Gasteiger partial charge in [0.15, 0.2) is 0 Å². The Morgan fingerprint density at radius 3 is 2.46 bits per heavy atom. The van der Waals surface area contributed by atoms with Gasteiger partial charge in [-0.25, -0.2) is 4.39 Å². The summed E-state index contributed by atoms with van der Waals surface area (Å²) in [6.45, 7) is 5.05. The van der Waals surface area contributed by atoms with Crippen LogP contribution in [0.3, 0.4) is 0 Å². The summed E-state index contributed by atoms with van der Waals surface area (Å²) < 4.78 is 24.9. The van der Waals surface area contributed by atoms with Gasteiger partial charge in [0.2, 0.25) is 6.29 Å². The highest BCUT2D eigenvalue weighted by Gasteiger charge is 2.19. The molecule has 134 valence electrons. The van der Waals surface area contributed by atoms with Crippen molar-refractivity contribution in [3.63, 3.8) is 0 Å². The molecule has 2 aromatic rings. The summed E-state index contributed by atoms with van der Waals surface area (Å²) in [5.41, 5.74) is 2.53. The Labute approximate surface area is 158 Å². The Morgan fingerprint density at radius 2 is 1.81 bits per heavy atom. The zero-order valence-corrected chi connectivity index (χ0v) is 15.1. The fourth-order valence-corrected chi connectivity index (χ4v) is 2.83. The fraction of sp³-hybridized carbons (Fsp3) is 0.273. The summed E-state index contributed by atoms with van der Waals surface area (Å²) in [6.07, 6.45) is 3.42. The minimum Gasteiger partial charge on any atom is -0.342 e. The van der Waals surface area contributed by atoms with Gasteiger partial charge in [-0.1, -0.05) is 41.8 Å². The Bertz CT molecular complexity index is 812. The highest BCUT2D eigenvalue weighted by atomic mass is 35.5. The van der Waals surface area contributed by atoms with E-state index in [0.717, 1.165) is 29.5 Å². The first-order valence-corrected chi connectivity index (χ1v) is 8.94. The minimum atomic E-state index is -0.486. The molecule has 26 heavy (non-hydrogen) atoms. The van der Waals surface area contributed by atoms with Crippen LogP contribution in [-0.2, 0) is 9.47 Å². The van der Waals surface area contributed by atoms with E-state index in [9.17, 15) is 4.39 Å². The fourth-order valence-electron chi connectivity index (χ4n) is 2.71. The molecule has 1 fully saturated rings. The number of allylic oxidation sites excluding steroid dienone is 1. The van der Waals surface area contributed by atoms with Crippen LogP contribution in [0.1, 0.15) is 18.4 Å². The van der Waals surface area contributed by atoms with Crippen molar-refractivity contribution in [1.82, 2.24) is 0 Å². The predicted molar refractivity (Wildman–Crippen MR) is 102 cm³/mol. The Kier molecular flexibility index (Phi) is 6.46. The maximum atomic E-state index is 13.6. The van der Waals surface area contributed by atoms with Crippen molar-refractivity contribution in [2.75, 3.05) is 13.2 Å². The Balaban J connectivity index is 1.59. The normalized spacial score (nSPS) is 19.5. The maximum absolute atomic E-state index is 13.6. The van der Waals surface area contributed by atoms with Gasteiger partial charge >= 0.3 is 0 Å². The first-order valence-electron chi connectivity index (χ1n) is 8.57. The molecule has 3 rings (SSSR count). The standard InChI is InChI=1S/C22H20ClFO2/c1-2-3-4-17-14-25-22(26-15-17)12-7-16-5-8-18(9-6-16)19-10-11-20(23)21(24)13-19/h2,5-6,8-11,13,17,22H,1,3-4,14-15H2/t17-,22-. The summed E-state index contributed by atoms with van der Waals surface area (Å²) in [5, 5.41) is 0.121. The van der Waals surface area contributed by atoms with Crippen LogP contribution in [-0.4, -0.2) is 19.5 Å². The largest absolute Gasteiger partial charge is 0.342 e. The third-order valence-corrected chi connectivity index (χ3v) is 4.52. The Hall–Kier alpha value is -2.12. The van der Waals surface area contributed by atoms with E-state index in [0.29, 0.717) is 19.1 Å². The average Bonchev–Trinajstić information content (AvgIpc) is 2.68. The molecule has 0 saturated carbocycles. The molecule has 1 aliphatic rings. The molecule has 1 saturated heterocycles. The van der Waals surface area contributed by atoms with Gasteiger partial charge in [-0.05, 0) is 54.2 Å². The monoisotopic (exact) mass is 370 g/mol. The third kappa shape index (κ3) is 4.95. The van der Waals surface area contributed by atoms with Crippen molar-refractivity contribution in [3.8, 4) is 23.0 Å². The lowest BCUT2D eigenvalue weighted by Gasteiger charge is -2.26. The molecule has 2 nitrogen and oxygen atoms in total. The second-order valence-electron chi connectivity index (χ2n) is 6.21. The van der Waals surface area contributed by atoms with E-state index in [-0.39, 0.29) is 5.02 Å². The molecule has 0 bridgehead atoms. The summed E-state index contributed by atoms with van der Waals surface area (Å²) in [7, 11) is 0. The molecule has 0 aliphatic carbocycles. The van der Waals surface area contributed by atoms with Gasteiger partial charge in [0.05, 0.1) is 18.2 Å². The van der Waals surface area contributed by atoms with E-state index in [1.165, 1.54) is 6.07 Å². The van der Waals surface area contributed by atoms with E-state index in [4.69, 9.17) is 21.1 Å². The van der Waals surface area contributed by atoms with E-state index in [1.807, 2.05) is 30.3 Å². The van der Waals surface area contributed by atoms with Gasteiger partial charge in [0, 0.05) is 11.5 Å². The van der Waals surface area contributed by atoms with Gasteiger partial charge in [-0.2, -0.15) is 0 Å². The molecule has 0 spiro atoms. The van der Waals surface area contributed by atoms with Gasteiger partial charge < -0.3 is 9.47 Å². The van der Waals surface area contributed by atoms with E-state index >= 15 is 0 Å². The quantitative estimate of drug-likeness (QED) is 0.526. The van der Waals surface area contributed by atoms with Crippen molar-refractivity contribution in [3.05, 3.63) is 71.5 Å². The topological polar surface area (TPSA) is 18.5 Å². The third-order valence-electron chi connectivity index (χ3n) is 4.22. The number of hydrogen-bond acceptors (Lipinski definition) is 2. The second kappa shape index (κ2) is 9.00. The number of ether oxygens (including phenoxy) is 2. The molecule has 0 aromatic heterocycles. The maximum Gasteiger partial charge on any atom is 0.222 e. The zero-order valence-electron chi connectivity index (χ0n) is 14.4. The summed E-state index contributed by atoms with van der Waals surface area (Å²) in [6, 6.07) is 12.4. The van der Waals surface area contributed by atoms with E-state index in [1.54, 1.807) is 12.1 Å². The van der Waals surface area contributed by atoms with Crippen LogP contribution >= 0.6 is 11.6 Å². The van der Waals surface area contributed by atoms with Crippen molar-refractivity contribution >= 4 is 11.6 Å². The van der Waals surface area contributed by atoms with Crippen LogP contribution in [0.5, 0.6) is 0 Å². The summed E-state index contributed by atoms with van der Waals surface area (Å²) in [4.78, 5) is 0. The van der Waals surface area contributed by atoms with Crippen molar-refractivity contribution in [2.24, 2.45) is 5.92 Å². The average molecular weight is 371 g/mol. The first-order chi connectivity index (χ1) is 12.7. The molecule has 1 heterocycles. The van der Waals surface area contributed by atoms with E-state index in [2.05, 4.69) is 18.4 Å². The molecule has 0 radical (unpaired) electrons. The van der Waals surface area contributed by atoms with Gasteiger partial charge in [0.25, 0.3) is 0 Å². The molecule has 0 N–H and O–H groups in total. The van der Waals surface area contributed by atoms with Crippen molar-refractivity contribution in [1.29, 1.82) is 0 Å². The van der Waals surface area contributed by atoms with Crippen LogP contribution in [0.4, 0.5) is 4.39 Å². The highest BCUT2D eigenvalue weighted by Crippen LogP contribution is 2.24. The SMILES string of the molecule is C=CCC[C@H]1CO[C@H](C#Cc2ccc(-c3ccc(Cl)c(F)c3)cc2)OC1. The predicted octanol–water partition coefficient (Wildman–Crippen LogP) is 5.45. The zero-order chi connectivity index (χ0) is 18.4. The molecule has 4 heteroatoms. The lowest BCUT2D eigenvalue weighted by molar-refractivity contribution is -0.169. The molecule has 0 amide bonds. The molecular weight excluding hydrogens is 351 g/mol. The summed E-state index contributed by atoms with van der Waals surface area (Å²) in [5.74, 6) is 6.04. The molecular formula is C22H20ClFO2. The summed E-state index contributed by atoms with van der Waals surface area (Å²) >= 11 is 5.72. The number of rotatable bonds is 4. The molecule has 1 aliphatic heterocycles. The van der Waals surface area contributed by atoms with Crippen LogP contribution in [0, 0.1) is 23.6 Å². The lowest BCUT2D eigenvalue weighted by Crippen LogP contribution is -2.31. The molecule has 0 atom stereocenters. The van der Waals surface area contributed by atoms with Crippen LogP contribution in [0.25, 0.3) is 11.1 Å². The minimum absolute atomic E-state index is 0.121. The number of benzene rings is 2. The number of halogens is 2.